The normalized spacial score (nSPS) is 15.2. The molecule has 0 saturated carbocycles. The van der Waals surface area contributed by atoms with Gasteiger partial charge in [-0.25, -0.2) is 9.18 Å². The number of benzene rings is 1. The Labute approximate surface area is 156 Å². The van der Waals surface area contributed by atoms with Gasteiger partial charge >= 0.3 is 17.2 Å². The zero-order valence-electron chi connectivity index (χ0n) is 14.6. The minimum absolute atomic E-state index is 0.0167. The first-order valence-electron chi connectivity index (χ1n) is 8.15. The van der Waals surface area contributed by atoms with E-state index in [1.165, 1.54) is 21.6 Å². The number of fused-ring (bicyclic) bond motifs is 1. The molecule has 0 unspecified atom stereocenters. The predicted molar refractivity (Wildman–Crippen MR) is 97.8 cm³/mol. The summed E-state index contributed by atoms with van der Waals surface area (Å²) in [6.07, 6.45) is -0.410. The third-order valence-electron chi connectivity index (χ3n) is 4.07. The lowest BCUT2D eigenvalue weighted by Crippen LogP contribution is -2.54. The van der Waals surface area contributed by atoms with Gasteiger partial charge in [-0.3, -0.25) is 9.59 Å². The molecular weight excluding hydrogens is 409 g/mol. The van der Waals surface area contributed by atoms with Gasteiger partial charge in [0.1, 0.15) is 11.4 Å². The maximum Gasteiger partial charge on any atom is 0.410 e. The smallest absolute Gasteiger partial charge is 0.410 e. The number of nitrogens with zero attached hydrogens (tertiary/aromatic N) is 2. The summed E-state index contributed by atoms with van der Waals surface area (Å²) in [5.74, 6) is -0.543. The van der Waals surface area contributed by atoms with Crippen molar-refractivity contribution in [3.63, 3.8) is 0 Å². The number of nitrogens with one attached hydrogen (secondary N) is 1. The summed E-state index contributed by atoms with van der Waals surface area (Å²) in [5.41, 5.74) is -1.40. The molecule has 7 nitrogen and oxygen atoms in total. The van der Waals surface area contributed by atoms with E-state index in [-0.39, 0.29) is 16.9 Å². The number of H-pyrrole nitrogens is 1. The van der Waals surface area contributed by atoms with E-state index >= 15 is 0 Å². The third-order valence-corrected chi connectivity index (χ3v) is 4.67. The molecule has 1 aliphatic rings. The number of aromatic amines is 1. The average molecular weight is 428 g/mol. The molecule has 2 aromatic rings. The van der Waals surface area contributed by atoms with Crippen molar-refractivity contribution >= 4 is 33.1 Å². The van der Waals surface area contributed by atoms with Gasteiger partial charge in [-0.05, 0) is 42.8 Å². The zero-order chi connectivity index (χ0) is 19.2. The molecule has 1 aromatic carbocycles. The molecule has 1 aliphatic heterocycles. The lowest BCUT2D eigenvalue weighted by molar-refractivity contribution is -0.00330. The quantitative estimate of drug-likeness (QED) is 0.745. The Kier molecular flexibility index (Phi) is 4.68. The molecule has 0 spiro atoms. The minimum Gasteiger partial charge on any atom is -0.444 e. The Balaban J connectivity index is 1.81. The SMILES string of the molecule is CC(C)(C)OC(=O)N1CC(Cn2c(=O)c(=O)[nH]c3cc(Br)c(F)cc32)C1. The number of rotatable bonds is 2. The molecule has 1 aromatic heterocycles. The lowest BCUT2D eigenvalue weighted by Gasteiger charge is -2.40. The van der Waals surface area contributed by atoms with Crippen molar-refractivity contribution in [3.8, 4) is 0 Å². The molecular formula is C17H19BrFN3O4. The third kappa shape index (κ3) is 3.67. The fourth-order valence-corrected chi connectivity index (χ4v) is 3.21. The molecule has 1 N–H and O–H groups in total. The van der Waals surface area contributed by atoms with Gasteiger partial charge in [0.2, 0.25) is 0 Å². The number of aromatic nitrogens is 2. The van der Waals surface area contributed by atoms with Crippen LogP contribution in [-0.2, 0) is 11.3 Å². The van der Waals surface area contributed by atoms with Gasteiger partial charge in [0.05, 0.1) is 15.5 Å². The van der Waals surface area contributed by atoms with Crippen LogP contribution in [0, 0.1) is 11.7 Å². The Morgan fingerprint density at radius 2 is 2.00 bits per heavy atom. The fourth-order valence-electron chi connectivity index (χ4n) is 2.87. The van der Waals surface area contributed by atoms with Crippen LogP contribution >= 0.6 is 15.9 Å². The van der Waals surface area contributed by atoms with Crippen molar-refractivity contribution in [1.29, 1.82) is 0 Å². The molecule has 9 heteroatoms. The van der Waals surface area contributed by atoms with Gasteiger partial charge < -0.3 is 19.2 Å². The molecule has 0 bridgehead atoms. The van der Waals surface area contributed by atoms with Crippen molar-refractivity contribution in [2.75, 3.05) is 13.1 Å². The van der Waals surface area contributed by atoms with Crippen LogP contribution in [0.5, 0.6) is 0 Å². The summed E-state index contributed by atoms with van der Waals surface area (Å²) in [5, 5.41) is 0. The number of halogens is 2. The van der Waals surface area contributed by atoms with Crippen LogP contribution in [0.2, 0.25) is 0 Å². The highest BCUT2D eigenvalue weighted by atomic mass is 79.9. The van der Waals surface area contributed by atoms with Crippen LogP contribution in [0.4, 0.5) is 9.18 Å². The van der Waals surface area contributed by atoms with E-state index in [4.69, 9.17) is 4.74 Å². The van der Waals surface area contributed by atoms with E-state index in [1.807, 2.05) is 0 Å². The van der Waals surface area contributed by atoms with Crippen molar-refractivity contribution in [1.82, 2.24) is 14.5 Å². The summed E-state index contributed by atoms with van der Waals surface area (Å²) in [7, 11) is 0. The maximum absolute atomic E-state index is 13.9. The summed E-state index contributed by atoms with van der Waals surface area (Å²) < 4.78 is 20.7. The Bertz CT molecular complexity index is 986. The van der Waals surface area contributed by atoms with Crippen LogP contribution in [0.3, 0.4) is 0 Å². The van der Waals surface area contributed by atoms with Crippen LogP contribution < -0.4 is 11.1 Å². The first-order valence-corrected chi connectivity index (χ1v) is 8.94. The summed E-state index contributed by atoms with van der Waals surface area (Å²) >= 11 is 3.06. The highest BCUT2D eigenvalue weighted by Gasteiger charge is 2.34. The van der Waals surface area contributed by atoms with Crippen LogP contribution in [0.25, 0.3) is 11.0 Å². The van der Waals surface area contributed by atoms with Crippen molar-refractivity contribution < 1.29 is 13.9 Å². The molecule has 1 saturated heterocycles. The average Bonchev–Trinajstić information content (AvgIpc) is 2.46. The van der Waals surface area contributed by atoms with Crippen LogP contribution in [0.1, 0.15) is 20.8 Å². The minimum atomic E-state index is -0.765. The molecule has 2 heterocycles. The standard InChI is InChI=1S/C17H19BrFN3O4/c1-17(2,3)26-16(25)21-6-9(7-21)8-22-13-5-11(19)10(18)4-12(13)20-14(23)15(22)24/h4-5,9H,6-8H2,1-3H3,(H,20,23). The van der Waals surface area contributed by atoms with Crippen molar-refractivity contribution in [3.05, 3.63) is 43.1 Å². The summed E-state index contributed by atoms with van der Waals surface area (Å²) in [6, 6.07) is 2.64. The van der Waals surface area contributed by atoms with E-state index in [0.29, 0.717) is 24.1 Å². The molecule has 3 rings (SSSR count). The molecule has 140 valence electrons. The monoisotopic (exact) mass is 427 g/mol. The second-order valence-corrected chi connectivity index (χ2v) is 8.26. The zero-order valence-corrected chi connectivity index (χ0v) is 16.2. The molecule has 1 fully saturated rings. The first kappa shape index (κ1) is 18.6. The Hall–Kier alpha value is -2.16. The van der Waals surface area contributed by atoms with Gasteiger partial charge in [0, 0.05) is 31.6 Å². The van der Waals surface area contributed by atoms with E-state index in [1.54, 1.807) is 20.8 Å². The van der Waals surface area contributed by atoms with Gasteiger partial charge in [0.15, 0.2) is 0 Å². The molecule has 1 amide bonds. The molecule has 0 atom stereocenters. The topological polar surface area (TPSA) is 84.4 Å². The van der Waals surface area contributed by atoms with Gasteiger partial charge in [-0.15, -0.1) is 0 Å². The second kappa shape index (κ2) is 6.53. The first-order chi connectivity index (χ1) is 12.0. The number of carbonyl (C=O) groups excluding carboxylic acids is 1. The van der Waals surface area contributed by atoms with Gasteiger partial charge in [-0.2, -0.15) is 0 Å². The Morgan fingerprint density at radius 1 is 1.35 bits per heavy atom. The van der Waals surface area contributed by atoms with Crippen LogP contribution in [0.15, 0.2) is 26.2 Å². The van der Waals surface area contributed by atoms with Crippen LogP contribution in [-0.4, -0.2) is 39.2 Å². The molecule has 26 heavy (non-hydrogen) atoms. The van der Waals surface area contributed by atoms with E-state index in [0.717, 1.165) is 0 Å². The van der Waals surface area contributed by atoms with E-state index < -0.39 is 28.6 Å². The fraction of sp³-hybridized carbons (Fsp3) is 0.471. The van der Waals surface area contributed by atoms with E-state index in [9.17, 15) is 18.8 Å². The van der Waals surface area contributed by atoms with Crippen molar-refractivity contribution in [2.24, 2.45) is 5.92 Å². The lowest BCUT2D eigenvalue weighted by atomic mass is 10.0. The highest BCUT2D eigenvalue weighted by Crippen LogP contribution is 2.24. The number of carbonyl (C=O) groups is 1. The molecule has 0 radical (unpaired) electrons. The maximum atomic E-state index is 13.9. The second-order valence-electron chi connectivity index (χ2n) is 7.40. The summed E-state index contributed by atoms with van der Waals surface area (Å²) in [6.45, 7) is 6.41. The number of hydrogen-bond donors (Lipinski definition) is 1. The largest absolute Gasteiger partial charge is 0.444 e. The Morgan fingerprint density at radius 3 is 2.62 bits per heavy atom. The summed E-state index contributed by atoms with van der Waals surface area (Å²) in [4.78, 5) is 40.1. The predicted octanol–water partition coefficient (Wildman–Crippen LogP) is 2.46. The number of hydrogen-bond acceptors (Lipinski definition) is 4. The number of ether oxygens (including phenoxy) is 1. The molecule has 0 aliphatic carbocycles. The van der Waals surface area contributed by atoms with Gasteiger partial charge in [-0.1, -0.05) is 0 Å². The number of likely N-dealkylation sites (tertiary alicyclic amines) is 1. The van der Waals surface area contributed by atoms with E-state index in [2.05, 4.69) is 20.9 Å². The number of amides is 1. The van der Waals surface area contributed by atoms with Crippen molar-refractivity contribution in [2.45, 2.75) is 32.9 Å². The highest BCUT2D eigenvalue weighted by molar-refractivity contribution is 9.10. The van der Waals surface area contributed by atoms with Gasteiger partial charge in [0.25, 0.3) is 0 Å².